The second-order valence-corrected chi connectivity index (χ2v) is 9.19. The summed E-state index contributed by atoms with van der Waals surface area (Å²) < 4.78 is 16.6. The van der Waals surface area contributed by atoms with Crippen molar-refractivity contribution in [2.75, 3.05) is 0 Å². The first-order valence-corrected chi connectivity index (χ1v) is 12.0. The van der Waals surface area contributed by atoms with Gasteiger partial charge >= 0.3 is 17.2 Å². The Morgan fingerprint density at radius 3 is 2.30 bits per heavy atom. The third kappa shape index (κ3) is 5.07. The molecule has 0 saturated carbocycles. The van der Waals surface area contributed by atoms with Crippen LogP contribution in [0.15, 0.2) is 102 Å². The van der Waals surface area contributed by atoms with Crippen molar-refractivity contribution in [3.05, 3.63) is 121 Å². The van der Waals surface area contributed by atoms with Gasteiger partial charge in [-0.3, -0.25) is 4.79 Å². The Hall–Kier alpha value is -4.50. The first kappa shape index (κ1) is 24.2. The lowest BCUT2D eigenvalue weighted by atomic mass is 10.1. The number of esters is 1. The van der Waals surface area contributed by atoms with Gasteiger partial charge in [-0.2, -0.15) is 0 Å². The number of hydrogen-bond acceptors (Lipinski definition) is 7. The van der Waals surface area contributed by atoms with Gasteiger partial charge in [-0.05, 0) is 55.0 Å². The molecule has 9 heteroatoms. The number of fused-ring (bicyclic) bond motifs is 2. The number of hydrogen-bond donors (Lipinski definition) is 1. The molecule has 0 aliphatic heterocycles. The second-order valence-electron chi connectivity index (χ2n) is 8.27. The van der Waals surface area contributed by atoms with Crippen LogP contribution in [0.25, 0.3) is 21.9 Å². The van der Waals surface area contributed by atoms with Crippen LogP contribution in [0.1, 0.15) is 39.2 Å². The highest BCUT2D eigenvalue weighted by Gasteiger charge is 2.19. The maximum Gasteiger partial charge on any atom is 0.351 e. The third-order valence-corrected chi connectivity index (χ3v) is 6.22. The molecule has 37 heavy (non-hydrogen) atoms. The van der Waals surface area contributed by atoms with Crippen molar-refractivity contribution in [2.24, 2.45) is 0 Å². The molecule has 0 spiro atoms. The summed E-state index contributed by atoms with van der Waals surface area (Å²) in [5, 5.41) is 3.78. The molecule has 1 atom stereocenters. The Kier molecular flexibility index (Phi) is 6.45. The summed E-state index contributed by atoms with van der Waals surface area (Å²) in [4.78, 5) is 50.3. The molecule has 0 aliphatic carbocycles. The summed E-state index contributed by atoms with van der Waals surface area (Å²) in [6, 6.07) is 21.2. The molecular formula is C28H18BrNO7. The number of benzene rings is 3. The summed E-state index contributed by atoms with van der Waals surface area (Å²) >= 11 is 3.33. The van der Waals surface area contributed by atoms with Crippen LogP contribution < -0.4 is 21.3 Å². The number of nitrogens with one attached hydrogen (secondary N) is 1. The quantitative estimate of drug-likeness (QED) is 0.175. The predicted molar refractivity (Wildman–Crippen MR) is 140 cm³/mol. The molecule has 1 N–H and O–H groups in total. The Morgan fingerprint density at radius 2 is 1.51 bits per heavy atom. The van der Waals surface area contributed by atoms with Gasteiger partial charge in [0.05, 0.1) is 6.04 Å². The minimum atomic E-state index is -0.928. The second kappa shape index (κ2) is 9.87. The molecule has 0 radical (unpaired) electrons. The minimum absolute atomic E-state index is 0.0456. The topological polar surface area (TPSA) is 116 Å². The number of carbonyl (C=O) groups excluding carboxylic acids is 2. The molecule has 2 aromatic heterocycles. The van der Waals surface area contributed by atoms with E-state index >= 15 is 0 Å². The van der Waals surface area contributed by atoms with Crippen molar-refractivity contribution in [1.82, 2.24) is 5.32 Å². The van der Waals surface area contributed by atoms with Gasteiger partial charge < -0.3 is 18.9 Å². The molecule has 2 heterocycles. The Balaban J connectivity index is 1.38. The number of rotatable bonds is 5. The van der Waals surface area contributed by atoms with Gasteiger partial charge in [-0.25, -0.2) is 14.4 Å². The maximum atomic E-state index is 12.7. The lowest BCUT2D eigenvalue weighted by molar-refractivity contribution is 0.0730. The van der Waals surface area contributed by atoms with Crippen LogP contribution in [0, 0.1) is 0 Å². The summed E-state index contributed by atoms with van der Waals surface area (Å²) in [5.74, 6) is -1.45. The van der Waals surface area contributed by atoms with E-state index < -0.39 is 23.1 Å². The van der Waals surface area contributed by atoms with Crippen LogP contribution >= 0.6 is 15.9 Å². The van der Waals surface area contributed by atoms with Gasteiger partial charge in [-0.1, -0.05) is 46.3 Å². The zero-order valence-corrected chi connectivity index (χ0v) is 20.9. The van der Waals surface area contributed by atoms with E-state index in [1.807, 2.05) is 37.3 Å². The van der Waals surface area contributed by atoms with Crippen molar-refractivity contribution in [1.29, 1.82) is 0 Å². The molecule has 8 nitrogen and oxygen atoms in total. The van der Waals surface area contributed by atoms with E-state index in [1.165, 1.54) is 30.3 Å². The molecule has 0 fully saturated rings. The first-order chi connectivity index (χ1) is 17.8. The molecule has 1 unspecified atom stereocenters. The Morgan fingerprint density at radius 1 is 0.811 bits per heavy atom. The van der Waals surface area contributed by atoms with Crippen LogP contribution in [0.3, 0.4) is 0 Å². The van der Waals surface area contributed by atoms with E-state index in [0.29, 0.717) is 16.4 Å². The zero-order valence-electron chi connectivity index (χ0n) is 19.3. The van der Waals surface area contributed by atoms with E-state index in [-0.39, 0.29) is 28.5 Å². The van der Waals surface area contributed by atoms with Crippen molar-refractivity contribution in [3.63, 3.8) is 0 Å². The molecule has 0 bridgehead atoms. The maximum absolute atomic E-state index is 12.7. The largest absolute Gasteiger partial charge is 0.423 e. The number of halogens is 1. The predicted octanol–water partition coefficient (Wildman–Crippen LogP) is 5.37. The molecule has 0 saturated heterocycles. The highest BCUT2D eigenvalue weighted by molar-refractivity contribution is 9.10. The van der Waals surface area contributed by atoms with Crippen LogP contribution in [0.4, 0.5) is 0 Å². The summed E-state index contributed by atoms with van der Waals surface area (Å²) in [6.07, 6.45) is 0. The summed E-state index contributed by atoms with van der Waals surface area (Å²) in [7, 11) is 0. The van der Waals surface area contributed by atoms with E-state index in [4.69, 9.17) is 13.6 Å². The molecule has 5 aromatic rings. The summed E-state index contributed by atoms with van der Waals surface area (Å²) in [5.41, 5.74) is -0.790. The van der Waals surface area contributed by atoms with Crippen LogP contribution in [-0.2, 0) is 0 Å². The van der Waals surface area contributed by atoms with Crippen molar-refractivity contribution in [2.45, 2.75) is 13.0 Å². The molecule has 184 valence electrons. The molecule has 5 rings (SSSR count). The molecule has 3 aromatic carbocycles. The van der Waals surface area contributed by atoms with Gasteiger partial charge in [0.15, 0.2) is 0 Å². The fourth-order valence-corrected chi connectivity index (χ4v) is 4.19. The Labute approximate surface area is 217 Å². The van der Waals surface area contributed by atoms with E-state index in [0.717, 1.165) is 10.0 Å². The zero-order chi connectivity index (χ0) is 26.1. The van der Waals surface area contributed by atoms with Crippen molar-refractivity contribution in [3.8, 4) is 5.75 Å². The number of amides is 1. The van der Waals surface area contributed by atoms with Crippen LogP contribution in [0.5, 0.6) is 5.75 Å². The highest BCUT2D eigenvalue weighted by Crippen LogP contribution is 2.23. The smallest absolute Gasteiger partial charge is 0.351 e. The van der Waals surface area contributed by atoms with E-state index in [1.54, 1.807) is 18.2 Å². The Bertz CT molecular complexity index is 1790. The van der Waals surface area contributed by atoms with Gasteiger partial charge in [0.1, 0.15) is 28.0 Å². The van der Waals surface area contributed by atoms with E-state index in [2.05, 4.69) is 21.2 Å². The van der Waals surface area contributed by atoms with Gasteiger partial charge in [0, 0.05) is 21.3 Å². The van der Waals surface area contributed by atoms with Gasteiger partial charge in [-0.15, -0.1) is 0 Å². The fourth-order valence-electron chi connectivity index (χ4n) is 3.81. The van der Waals surface area contributed by atoms with E-state index in [9.17, 15) is 19.2 Å². The van der Waals surface area contributed by atoms with Crippen LogP contribution in [0.2, 0.25) is 0 Å². The first-order valence-electron chi connectivity index (χ1n) is 11.2. The fraction of sp³-hybridized carbons (Fsp3) is 0.0714. The normalized spacial score (nSPS) is 11.8. The third-order valence-electron chi connectivity index (χ3n) is 5.72. The molecule has 1 amide bonds. The minimum Gasteiger partial charge on any atom is -0.423 e. The standard InChI is InChI=1S/C28H18BrNO7/c1-15(16-5-3-2-4-6-16)30-25(31)21-12-17-7-9-20(14-24(17)37-26(21)32)35-27(33)22-13-18-11-19(29)8-10-23(18)36-28(22)34/h2-15H,1H3,(H,30,31). The van der Waals surface area contributed by atoms with Gasteiger partial charge in [0.25, 0.3) is 5.91 Å². The lowest BCUT2D eigenvalue weighted by Gasteiger charge is -2.14. The molecular weight excluding hydrogens is 542 g/mol. The van der Waals surface area contributed by atoms with Crippen molar-refractivity contribution < 1.29 is 23.2 Å². The van der Waals surface area contributed by atoms with Crippen molar-refractivity contribution >= 4 is 49.7 Å². The van der Waals surface area contributed by atoms with Gasteiger partial charge in [0.2, 0.25) is 0 Å². The SMILES string of the molecule is CC(NC(=O)c1cc2ccc(OC(=O)c3cc4cc(Br)ccc4oc3=O)cc2oc1=O)c1ccccc1. The average molecular weight is 560 g/mol. The number of carbonyl (C=O) groups is 2. The highest BCUT2D eigenvalue weighted by atomic mass is 79.9. The lowest BCUT2D eigenvalue weighted by Crippen LogP contribution is -2.30. The average Bonchev–Trinajstić information content (AvgIpc) is 2.88. The van der Waals surface area contributed by atoms with Crippen LogP contribution in [-0.4, -0.2) is 11.9 Å². The number of ether oxygens (including phenoxy) is 1. The molecule has 0 aliphatic rings. The summed E-state index contributed by atoms with van der Waals surface area (Å²) in [6.45, 7) is 1.81. The monoisotopic (exact) mass is 559 g/mol.